The summed E-state index contributed by atoms with van der Waals surface area (Å²) in [5.41, 5.74) is 6.70. The highest BCUT2D eigenvalue weighted by molar-refractivity contribution is 7.99. The van der Waals surface area contributed by atoms with E-state index in [1.807, 2.05) is 31.2 Å². The molecule has 0 aliphatic carbocycles. The second-order valence-corrected chi connectivity index (χ2v) is 5.31. The minimum atomic E-state index is -0.267. The van der Waals surface area contributed by atoms with Crippen LogP contribution >= 0.6 is 11.8 Å². The lowest BCUT2D eigenvalue weighted by atomic mass is 10.1. The molecule has 0 aliphatic heterocycles. The van der Waals surface area contributed by atoms with Gasteiger partial charge in [-0.25, -0.2) is 4.39 Å². The van der Waals surface area contributed by atoms with Gasteiger partial charge in [0, 0.05) is 10.9 Å². The minimum Gasteiger partial charge on any atom is -0.496 e. The third-order valence-corrected chi connectivity index (χ3v) is 3.90. The van der Waals surface area contributed by atoms with E-state index in [-0.39, 0.29) is 11.9 Å². The van der Waals surface area contributed by atoms with Crippen LogP contribution in [0.1, 0.15) is 18.5 Å². The largest absolute Gasteiger partial charge is 0.496 e. The first-order valence-corrected chi connectivity index (χ1v) is 6.79. The van der Waals surface area contributed by atoms with Crippen molar-refractivity contribution in [3.8, 4) is 5.75 Å². The van der Waals surface area contributed by atoms with E-state index in [9.17, 15) is 4.39 Å². The van der Waals surface area contributed by atoms with Gasteiger partial charge in [0.2, 0.25) is 0 Å². The Morgan fingerprint density at radius 1 is 1.16 bits per heavy atom. The van der Waals surface area contributed by atoms with Gasteiger partial charge in [-0.3, -0.25) is 0 Å². The van der Waals surface area contributed by atoms with Crippen molar-refractivity contribution in [2.45, 2.75) is 22.8 Å². The van der Waals surface area contributed by atoms with Crippen molar-refractivity contribution in [1.29, 1.82) is 0 Å². The molecular formula is C15H16FNOS. The fraction of sp³-hybridized carbons (Fsp3) is 0.200. The van der Waals surface area contributed by atoms with Crippen molar-refractivity contribution in [2.75, 3.05) is 7.11 Å². The number of hydrogen-bond acceptors (Lipinski definition) is 3. The van der Waals surface area contributed by atoms with E-state index in [1.54, 1.807) is 13.2 Å². The topological polar surface area (TPSA) is 35.2 Å². The Hall–Kier alpha value is -1.52. The summed E-state index contributed by atoms with van der Waals surface area (Å²) in [7, 11) is 1.64. The fourth-order valence-electron chi connectivity index (χ4n) is 1.79. The van der Waals surface area contributed by atoms with Gasteiger partial charge in [0.1, 0.15) is 11.6 Å². The summed E-state index contributed by atoms with van der Waals surface area (Å²) in [6, 6.07) is 12.2. The SMILES string of the molecule is COc1ccccc1Sc1ccc(F)cc1[C@@H](C)N. The summed E-state index contributed by atoms with van der Waals surface area (Å²) in [4.78, 5) is 1.93. The molecule has 2 nitrogen and oxygen atoms in total. The van der Waals surface area contributed by atoms with Crippen molar-refractivity contribution >= 4 is 11.8 Å². The van der Waals surface area contributed by atoms with Gasteiger partial charge in [-0.05, 0) is 42.8 Å². The number of methoxy groups -OCH3 is 1. The molecule has 0 fully saturated rings. The van der Waals surface area contributed by atoms with Crippen LogP contribution in [0, 0.1) is 5.82 Å². The first-order valence-electron chi connectivity index (χ1n) is 5.97. The highest BCUT2D eigenvalue weighted by Crippen LogP contribution is 2.37. The summed E-state index contributed by atoms with van der Waals surface area (Å²) >= 11 is 1.53. The van der Waals surface area contributed by atoms with Crippen molar-refractivity contribution in [3.63, 3.8) is 0 Å². The van der Waals surface area contributed by atoms with E-state index in [0.717, 1.165) is 21.1 Å². The van der Waals surface area contributed by atoms with E-state index >= 15 is 0 Å². The van der Waals surface area contributed by atoms with Crippen molar-refractivity contribution < 1.29 is 9.13 Å². The molecule has 2 rings (SSSR count). The Labute approximate surface area is 116 Å². The molecule has 0 amide bonds. The molecule has 0 saturated heterocycles. The Kier molecular flexibility index (Phi) is 4.45. The molecule has 0 heterocycles. The smallest absolute Gasteiger partial charge is 0.132 e. The molecule has 0 saturated carbocycles. The highest BCUT2D eigenvalue weighted by Gasteiger charge is 2.11. The first kappa shape index (κ1) is 13.9. The van der Waals surface area contributed by atoms with Crippen LogP contribution in [-0.4, -0.2) is 7.11 Å². The van der Waals surface area contributed by atoms with Gasteiger partial charge in [-0.2, -0.15) is 0 Å². The first-order chi connectivity index (χ1) is 9.11. The zero-order chi connectivity index (χ0) is 13.8. The number of benzene rings is 2. The zero-order valence-corrected chi connectivity index (χ0v) is 11.7. The highest BCUT2D eigenvalue weighted by atomic mass is 32.2. The van der Waals surface area contributed by atoms with Gasteiger partial charge >= 0.3 is 0 Å². The van der Waals surface area contributed by atoms with E-state index in [1.165, 1.54) is 23.9 Å². The third kappa shape index (κ3) is 3.28. The molecule has 2 aromatic rings. The number of hydrogen-bond donors (Lipinski definition) is 1. The Morgan fingerprint density at radius 3 is 2.58 bits per heavy atom. The average molecular weight is 277 g/mol. The summed E-state index contributed by atoms with van der Waals surface area (Å²) in [5.74, 6) is 0.532. The lowest BCUT2D eigenvalue weighted by Gasteiger charge is -2.14. The summed E-state index contributed by atoms with van der Waals surface area (Å²) < 4.78 is 18.6. The molecule has 0 aromatic heterocycles. The number of rotatable bonds is 4. The zero-order valence-electron chi connectivity index (χ0n) is 10.9. The maximum atomic E-state index is 13.3. The quantitative estimate of drug-likeness (QED) is 0.917. The molecule has 100 valence electrons. The molecule has 4 heteroatoms. The predicted molar refractivity (Wildman–Crippen MR) is 76.1 cm³/mol. The Balaban J connectivity index is 2.38. The monoisotopic (exact) mass is 277 g/mol. The van der Waals surface area contributed by atoms with Gasteiger partial charge in [0.15, 0.2) is 0 Å². The summed E-state index contributed by atoms with van der Waals surface area (Å²) in [6.45, 7) is 1.85. The fourth-order valence-corrected chi connectivity index (χ4v) is 2.92. The van der Waals surface area contributed by atoms with Crippen LogP contribution in [0.15, 0.2) is 52.3 Å². The molecule has 0 radical (unpaired) electrons. The third-order valence-electron chi connectivity index (χ3n) is 2.75. The summed E-state index contributed by atoms with van der Waals surface area (Å²) in [5, 5.41) is 0. The molecule has 2 aromatic carbocycles. The van der Waals surface area contributed by atoms with Crippen LogP contribution in [0.4, 0.5) is 4.39 Å². The number of halogens is 1. The van der Waals surface area contributed by atoms with Crippen molar-refractivity contribution in [2.24, 2.45) is 5.73 Å². The Morgan fingerprint density at radius 2 is 1.89 bits per heavy atom. The molecule has 0 unspecified atom stereocenters. The van der Waals surface area contributed by atoms with Crippen LogP contribution in [0.25, 0.3) is 0 Å². The lowest BCUT2D eigenvalue weighted by Crippen LogP contribution is -2.06. The molecule has 0 bridgehead atoms. The number of ether oxygens (including phenoxy) is 1. The molecule has 2 N–H and O–H groups in total. The minimum absolute atomic E-state index is 0.215. The van der Waals surface area contributed by atoms with Gasteiger partial charge in [-0.1, -0.05) is 23.9 Å². The van der Waals surface area contributed by atoms with Crippen LogP contribution in [0.5, 0.6) is 5.75 Å². The second kappa shape index (κ2) is 6.08. The van der Waals surface area contributed by atoms with Gasteiger partial charge in [-0.15, -0.1) is 0 Å². The van der Waals surface area contributed by atoms with Gasteiger partial charge in [0.25, 0.3) is 0 Å². The molecular weight excluding hydrogens is 261 g/mol. The Bertz CT molecular complexity index is 572. The van der Waals surface area contributed by atoms with Crippen molar-refractivity contribution in [3.05, 3.63) is 53.8 Å². The standard InChI is InChI=1S/C15H16FNOS/c1-10(17)12-9-11(16)7-8-14(12)19-15-6-4-3-5-13(15)18-2/h3-10H,17H2,1-2H3/t10-/m1/s1. The lowest BCUT2D eigenvalue weighted by molar-refractivity contribution is 0.405. The van der Waals surface area contributed by atoms with E-state index in [4.69, 9.17) is 10.5 Å². The molecule has 0 aliphatic rings. The average Bonchev–Trinajstić information content (AvgIpc) is 2.41. The normalized spacial score (nSPS) is 12.2. The molecule has 1 atom stereocenters. The second-order valence-electron chi connectivity index (χ2n) is 4.22. The predicted octanol–water partition coefficient (Wildman–Crippen LogP) is 4.01. The summed E-state index contributed by atoms with van der Waals surface area (Å²) in [6.07, 6.45) is 0. The van der Waals surface area contributed by atoms with Crippen LogP contribution < -0.4 is 10.5 Å². The van der Waals surface area contributed by atoms with Crippen LogP contribution in [0.3, 0.4) is 0 Å². The number of nitrogens with two attached hydrogens (primary N) is 1. The van der Waals surface area contributed by atoms with E-state index in [0.29, 0.717) is 0 Å². The van der Waals surface area contributed by atoms with E-state index < -0.39 is 0 Å². The van der Waals surface area contributed by atoms with Gasteiger partial charge < -0.3 is 10.5 Å². The van der Waals surface area contributed by atoms with Crippen LogP contribution in [0.2, 0.25) is 0 Å². The maximum Gasteiger partial charge on any atom is 0.132 e. The number of para-hydroxylation sites is 1. The van der Waals surface area contributed by atoms with Crippen molar-refractivity contribution in [1.82, 2.24) is 0 Å². The molecule has 0 spiro atoms. The van der Waals surface area contributed by atoms with Crippen LogP contribution in [-0.2, 0) is 0 Å². The van der Waals surface area contributed by atoms with E-state index in [2.05, 4.69) is 0 Å². The maximum absolute atomic E-state index is 13.3. The van der Waals surface area contributed by atoms with Gasteiger partial charge in [0.05, 0.1) is 12.0 Å². The molecule has 19 heavy (non-hydrogen) atoms.